The maximum Gasteiger partial charge on any atom is 0.335 e. The van der Waals surface area contributed by atoms with E-state index < -0.39 is 12.1 Å². The Labute approximate surface area is 121 Å². The highest BCUT2D eigenvalue weighted by Gasteiger charge is 2.25. The minimum atomic E-state index is -1.12. The molecule has 1 unspecified atom stereocenters. The quantitative estimate of drug-likeness (QED) is 0.855. The zero-order chi connectivity index (χ0) is 15.4. The summed E-state index contributed by atoms with van der Waals surface area (Å²) in [7, 11) is 2.81. The predicted octanol–water partition coefficient (Wildman–Crippen LogP) is 1.52. The highest BCUT2D eigenvalue weighted by atomic mass is 16.5. The first-order valence-electron chi connectivity index (χ1n) is 6.48. The molecule has 1 fully saturated rings. The fourth-order valence-corrected chi connectivity index (χ4v) is 2.18. The lowest BCUT2D eigenvalue weighted by atomic mass is 10.1. The van der Waals surface area contributed by atoms with Crippen molar-refractivity contribution in [3.63, 3.8) is 0 Å². The number of ether oxygens (including phenoxy) is 3. The molecule has 0 radical (unpaired) electrons. The van der Waals surface area contributed by atoms with E-state index in [4.69, 9.17) is 19.3 Å². The Morgan fingerprint density at radius 3 is 2.62 bits per heavy atom. The molecule has 1 aliphatic rings. The van der Waals surface area contributed by atoms with Gasteiger partial charge < -0.3 is 24.6 Å². The first kappa shape index (κ1) is 15.1. The standard InChI is InChI=1S/C14H17NO6/c1-19-11-7-8(14(17)18)6-9(12(11)20-2)15-13(16)10-4-3-5-21-10/h6-7,10H,3-5H2,1-2H3,(H,15,16)(H,17,18). The molecule has 1 aliphatic heterocycles. The lowest BCUT2D eigenvalue weighted by Gasteiger charge is -2.16. The van der Waals surface area contributed by atoms with E-state index in [1.807, 2.05) is 0 Å². The summed E-state index contributed by atoms with van der Waals surface area (Å²) in [5, 5.41) is 11.7. The van der Waals surface area contributed by atoms with Gasteiger partial charge in [0.2, 0.25) is 0 Å². The summed E-state index contributed by atoms with van der Waals surface area (Å²) >= 11 is 0. The van der Waals surface area contributed by atoms with Gasteiger partial charge in [0.05, 0.1) is 25.5 Å². The second-order valence-electron chi connectivity index (χ2n) is 4.56. The molecule has 2 rings (SSSR count). The van der Waals surface area contributed by atoms with Crippen molar-refractivity contribution in [3.05, 3.63) is 17.7 Å². The molecule has 0 aromatic heterocycles. The SMILES string of the molecule is COc1cc(C(=O)O)cc(NC(=O)C2CCCO2)c1OC. The number of carbonyl (C=O) groups excluding carboxylic acids is 1. The molecule has 1 atom stereocenters. The molecule has 0 saturated carbocycles. The number of carbonyl (C=O) groups is 2. The van der Waals surface area contributed by atoms with Crippen molar-refractivity contribution >= 4 is 17.6 Å². The maximum atomic E-state index is 12.1. The van der Waals surface area contributed by atoms with Crippen molar-refractivity contribution in [3.8, 4) is 11.5 Å². The van der Waals surface area contributed by atoms with Crippen molar-refractivity contribution in [1.82, 2.24) is 0 Å². The van der Waals surface area contributed by atoms with Gasteiger partial charge in [-0.2, -0.15) is 0 Å². The number of anilines is 1. The van der Waals surface area contributed by atoms with Crippen LogP contribution in [0.2, 0.25) is 0 Å². The van der Waals surface area contributed by atoms with E-state index in [-0.39, 0.29) is 28.7 Å². The molecule has 21 heavy (non-hydrogen) atoms. The van der Waals surface area contributed by atoms with Crippen LogP contribution in [0, 0.1) is 0 Å². The Kier molecular flexibility index (Phi) is 4.64. The monoisotopic (exact) mass is 295 g/mol. The molecule has 1 amide bonds. The molecule has 1 heterocycles. The number of carboxylic acid groups (broad SMARTS) is 1. The molecule has 2 N–H and O–H groups in total. The molecule has 7 nitrogen and oxygen atoms in total. The lowest BCUT2D eigenvalue weighted by molar-refractivity contribution is -0.124. The van der Waals surface area contributed by atoms with Crippen LogP contribution in [-0.4, -0.2) is 43.9 Å². The van der Waals surface area contributed by atoms with Gasteiger partial charge in [-0.05, 0) is 25.0 Å². The minimum absolute atomic E-state index is 0.00436. The van der Waals surface area contributed by atoms with Crippen LogP contribution >= 0.6 is 0 Å². The van der Waals surface area contributed by atoms with E-state index in [2.05, 4.69) is 5.32 Å². The third-order valence-electron chi connectivity index (χ3n) is 3.21. The van der Waals surface area contributed by atoms with E-state index in [1.165, 1.54) is 26.4 Å². The molecular weight excluding hydrogens is 278 g/mol. The van der Waals surface area contributed by atoms with E-state index in [9.17, 15) is 9.59 Å². The first-order valence-corrected chi connectivity index (χ1v) is 6.48. The van der Waals surface area contributed by atoms with Gasteiger partial charge in [-0.15, -0.1) is 0 Å². The third kappa shape index (κ3) is 3.25. The Bertz CT molecular complexity index is 551. The van der Waals surface area contributed by atoms with Crippen molar-refractivity contribution < 1.29 is 28.9 Å². The fourth-order valence-electron chi connectivity index (χ4n) is 2.18. The normalized spacial score (nSPS) is 17.3. The summed E-state index contributed by atoms with van der Waals surface area (Å²) in [6.07, 6.45) is 0.951. The van der Waals surface area contributed by atoms with Gasteiger partial charge in [0.1, 0.15) is 6.10 Å². The summed E-state index contributed by atoms with van der Waals surface area (Å²) in [5.41, 5.74) is 0.241. The van der Waals surface area contributed by atoms with Crippen molar-refractivity contribution in [2.45, 2.75) is 18.9 Å². The van der Waals surface area contributed by atoms with Gasteiger partial charge in [0.15, 0.2) is 11.5 Å². The lowest BCUT2D eigenvalue weighted by Crippen LogP contribution is -2.27. The third-order valence-corrected chi connectivity index (χ3v) is 3.21. The van der Waals surface area contributed by atoms with Crippen molar-refractivity contribution in [2.75, 3.05) is 26.1 Å². The second kappa shape index (κ2) is 6.45. The summed E-state index contributed by atoms with van der Waals surface area (Å²) in [4.78, 5) is 23.2. The zero-order valence-corrected chi connectivity index (χ0v) is 11.8. The molecule has 1 aromatic rings. The Morgan fingerprint density at radius 1 is 1.33 bits per heavy atom. The topological polar surface area (TPSA) is 94.1 Å². The van der Waals surface area contributed by atoms with Crippen LogP contribution in [0.5, 0.6) is 11.5 Å². The number of rotatable bonds is 5. The van der Waals surface area contributed by atoms with Crippen LogP contribution in [0.4, 0.5) is 5.69 Å². The van der Waals surface area contributed by atoms with E-state index in [0.717, 1.165) is 6.42 Å². The number of hydrogen-bond donors (Lipinski definition) is 2. The van der Waals surface area contributed by atoms with Crippen molar-refractivity contribution in [1.29, 1.82) is 0 Å². The molecule has 1 saturated heterocycles. The van der Waals surface area contributed by atoms with E-state index >= 15 is 0 Å². The number of carboxylic acids is 1. The first-order chi connectivity index (χ1) is 10.1. The average molecular weight is 295 g/mol. The predicted molar refractivity (Wildman–Crippen MR) is 74.1 cm³/mol. The largest absolute Gasteiger partial charge is 0.493 e. The fraction of sp³-hybridized carbons (Fsp3) is 0.429. The zero-order valence-electron chi connectivity index (χ0n) is 11.8. The number of amides is 1. The van der Waals surface area contributed by atoms with Crippen LogP contribution in [-0.2, 0) is 9.53 Å². The number of aromatic carboxylic acids is 1. The summed E-state index contributed by atoms with van der Waals surface area (Å²) in [6, 6.07) is 2.67. The van der Waals surface area contributed by atoms with Crippen LogP contribution in [0.15, 0.2) is 12.1 Å². The highest BCUT2D eigenvalue weighted by Crippen LogP contribution is 2.37. The van der Waals surface area contributed by atoms with E-state index in [0.29, 0.717) is 13.0 Å². The molecule has 114 valence electrons. The van der Waals surface area contributed by atoms with Crippen molar-refractivity contribution in [2.24, 2.45) is 0 Å². The molecule has 0 aliphatic carbocycles. The van der Waals surface area contributed by atoms with Gasteiger partial charge in [-0.3, -0.25) is 4.79 Å². The minimum Gasteiger partial charge on any atom is -0.493 e. The van der Waals surface area contributed by atoms with Crippen LogP contribution in [0.25, 0.3) is 0 Å². The van der Waals surface area contributed by atoms with Gasteiger partial charge in [0, 0.05) is 6.61 Å². The molecule has 1 aromatic carbocycles. The van der Waals surface area contributed by atoms with Crippen LogP contribution in [0.1, 0.15) is 23.2 Å². The molecule has 0 spiro atoms. The summed E-state index contributed by atoms with van der Waals surface area (Å²) in [5.74, 6) is -0.937. The van der Waals surface area contributed by atoms with Crippen LogP contribution in [0.3, 0.4) is 0 Å². The highest BCUT2D eigenvalue weighted by molar-refractivity contribution is 5.98. The van der Waals surface area contributed by atoms with Gasteiger partial charge in [-0.25, -0.2) is 4.79 Å². The maximum absolute atomic E-state index is 12.1. The van der Waals surface area contributed by atoms with Gasteiger partial charge in [0.25, 0.3) is 5.91 Å². The smallest absolute Gasteiger partial charge is 0.335 e. The van der Waals surface area contributed by atoms with Crippen LogP contribution < -0.4 is 14.8 Å². The molecule has 7 heteroatoms. The number of hydrogen-bond acceptors (Lipinski definition) is 5. The molecular formula is C14H17NO6. The van der Waals surface area contributed by atoms with Gasteiger partial charge >= 0.3 is 5.97 Å². The average Bonchev–Trinajstić information content (AvgIpc) is 3.00. The number of nitrogens with one attached hydrogen (secondary N) is 1. The Hall–Kier alpha value is -2.28. The van der Waals surface area contributed by atoms with E-state index in [1.54, 1.807) is 0 Å². The summed E-state index contributed by atoms with van der Waals surface area (Å²) in [6.45, 7) is 0.549. The number of methoxy groups -OCH3 is 2. The Balaban J connectivity index is 2.33. The summed E-state index contributed by atoms with van der Waals surface area (Å²) < 4.78 is 15.6. The molecule has 0 bridgehead atoms. The second-order valence-corrected chi connectivity index (χ2v) is 4.56. The Morgan fingerprint density at radius 2 is 2.10 bits per heavy atom. The number of benzene rings is 1. The van der Waals surface area contributed by atoms with Gasteiger partial charge in [-0.1, -0.05) is 0 Å².